The number of carbonyl (C=O) groups excluding carboxylic acids is 1. The van der Waals surface area contributed by atoms with Crippen molar-refractivity contribution in [3.8, 4) is 0 Å². The van der Waals surface area contributed by atoms with Crippen LogP contribution in [0.5, 0.6) is 0 Å². The topological polar surface area (TPSA) is 58.7 Å². The molecule has 0 N–H and O–H groups in total. The van der Waals surface area contributed by atoms with Gasteiger partial charge in [-0.15, -0.1) is 0 Å². The summed E-state index contributed by atoms with van der Waals surface area (Å²) in [6.07, 6.45) is 1.24. The highest BCUT2D eigenvalue weighted by Crippen LogP contribution is 2.27. The van der Waals surface area contributed by atoms with Gasteiger partial charge in [0.25, 0.3) is 5.91 Å². The Morgan fingerprint density at radius 3 is 2.43 bits per heavy atom. The van der Waals surface area contributed by atoms with Crippen LogP contribution in [0.3, 0.4) is 0 Å². The summed E-state index contributed by atoms with van der Waals surface area (Å²) in [4.78, 5) is 28.8. The van der Waals surface area contributed by atoms with E-state index in [-0.39, 0.29) is 11.9 Å². The molecular formula is C21H22FN3O3. The Bertz CT molecular complexity index is 1060. The Kier molecular flexibility index (Phi) is 4.66. The van der Waals surface area contributed by atoms with Crippen molar-refractivity contribution in [2.24, 2.45) is 0 Å². The molecule has 0 saturated carbocycles. The predicted molar refractivity (Wildman–Crippen MR) is 105 cm³/mol. The number of hydrogen-bond donors (Lipinski definition) is 0. The lowest BCUT2D eigenvalue weighted by Crippen LogP contribution is -2.40. The average molecular weight is 383 g/mol. The molecule has 0 radical (unpaired) electrons. The first-order valence-electron chi connectivity index (χ1n) is 9.31. The zero-order chi connectivity index (χ0) is 19.8. The van der Waals surface area contributed by atoms with Gasteiger partial charge in [-0.1, -0.05) is 0 Å². The molecule has 0 bridgehead atoms. The van der Waals surface area contributed by atoms with Crippen LogP contribution in [0, 0.1) is 5.82 Å². The van der Waals surface area contributed by atoms with Gasteiger partial charge >= 0.3 is 5.76 Å². The van der Waals surface area contributed by atoms with E-state index in [1.807, 2.05) is 43.3 Å². The van der Waals surface area contributed by atoms with Gasteiger partial charge in [-0.2, -0.15) is 0 Å². The van der Waals surface area contributed by atoms with E-state index in [2.05, 4.69) is 0 Å². The van der Waals surface area contributed by atoms with Crippen molar-refractivity contribution in [3.05, 3.63) is 64.4 Å². The Labute approximate surface area is 161 Å². The van der Waals surface area contributed by atoms with Gasteiger partial charge in [0.05, 0.1) is 5.52 Å². The van der Waals surface area contributed by atoms with Crippen molar-refractivity contribution in [2.45, 2.75) is 18.9 Å². The van der Waals surface area contributed by atoms with Gasteiger partial charge in [0, 0.05) is 50.5 Å². The van der Waals surface area contributed by atoms with Crippen LogP contribution in [0.25, 0.3) is 11.1 Å². The quantitative estimate of drug-likeness (QED) is 0.697. The summed E-state index contributed by atoms with van der Waals surface area (Å²) < 4.78 is 20.4. The number of nitrogens with zero attached hydrogens (tertiary/aromatic N) is 3. The van der Waals surface area contributed by atoms with E-state index in [0.717, 1.165) is 5.69 Å². The number of hydrogen-bond acceptors (Lipinski definition) is 4. The molecule has 146 valence electrons. The third-order valence-corrected chi connectivity index (χ3v) is 5.32. The van der Waals surface area contributed by atoms with Crippen LogP contribution in [-0.4, -0.2) is 42.6 Å². The number of benzene rings is 2. The molecule has 1 aliphatic rings. The molecule has 28 heavy (non-hydrogen) atoms. The van der Waals surface area contributed by atoms with Crippen molar-refractivity contribution >= 4 is 22.7 Å². The van der Waals surface area contributed by atoms with Gasteiger partial charge in [0.15, 0.2) is 5.58 Å². The fourth-order valence-corrected chi connectivity index (χ4v) is 3.76. The molecule has 0 spiro atoms. The number of aromatic nitrogens is 1. The zero-order valence-electron chi connectivity index (χ0n) is 15.9. The first-order chi connectivity index (χ1) is 13.4. The molecule has 1 aromatic heterocycles. The summed E-state index contributed by atoms with van der Waals surface area (Å²) >= 11 is 0. The highest BCUT2D eigenvalue weighted by atomic mass is 19.1. The minimum atomic E-state index is -0.482. The third-order valence-electron chi connectivity index (χ3n) is 5.32. The van der Waals surface area contributed by atoms with Crippen LogP contribution in [-0.2, 0) is 0 Å². The van der Waals surface area contributed by atoms with Crippen molar-refractivity contribution < 1.29 is 13.6 Å². The van der Waals surface area contributed by atoms with Gasteiger partial charge in [-0.05, 0) is 49.2 Å². The molecule has 1 saturated heterocycles. The monoisotopic (exact) mass is 383 g/mol. The summed E-state index contributed by atoms with van der Waals surface area (Å²) in [5.74, 6) is -0.903. The average Bonchev–Trinajstić information content (AvgIpc) is 3.02. The number of halogens is 1. The van der Waals surface area contributed by atoms with Crippen LogP contribution >= 0.6 is 0 Å². The van der Waals surface area contributed by atoms with E-state index < -0.39 is 11.6 Å². The predicted octanol–water partition coefficient (Wildman–Crippen LogP) is 3.28. The van der Waals surface area contributed by atoms with Crippen molar-refractivity contribution in [2.75, 3.05) is 32.1 Å². The molecule has 3 aromatic rings. The first kappa shape index (κ1) is 18.3. The molecule has 0 atom stereocenters. The van der Waals surface area contributed by atoms with E-state index in [0.29, 0.717) is 42.6 Å². The lowest BCUT2D eigenvalue weighted by Gasteiger charge is -2.32. The second kappa shape index (κ2) is 7.14. The van der Waals surface area contributed by atoms with Gasteiger partial charge in [-0.25, -0.2) is 9.18 Å². The number of rotatable bonds is 3. The largest absolute Gasteiger partial charge is 0.420 e. The van der Waals surface area contributed by atoms with E-state index >= 15 is 0 Å². The molecule has 1 aliphatic heterocycles. The normalized spacial score (nSPS) is 15.2. The van der Waals surface area contributed by atoms with Crippen LogP contribution in [0.4, 0.5) is 10.1 Å². The Morgan fingerprint density at radius 1 is 1.11 bits per heavy atom. The molecule has 0 unspecified atom stereocenters. The standard InChI is InChI=1S/C21H22FN3O3/c1-23(2)16-6-3-14(4-7-16)20(26)24-11-9-17(10-12-24)25-18-13-15(22)5-8-19(18)28-21(25)27/h3-8,13,17H,9-12H2,1-2H3. The maximum absolute atomic E-state index is 13.6. The molecule has 2 heterocycles. The molecule has 6 nitrogen and oxygen atoms in total. The Balaban J connectivity index is 1.49. The highest BCUT2D eigenvalue weighted by molar-refractivity contribution is 5.94. The summed E-state index contributed by atoms with van der Waals surface area (Å²) in [7, 11) is 3.91. The van der Waals surface area contributed by atoms with E-state index in [4.69, 9.17) is 4.42 Å². The van der Waals surface area contributed by atoms with Crippen molar-refractivity contribution in [1.29, 1.82) is 0 Å². The minimum Gasteiger partial charge on any atom is -0.408 e. The molecule has 0 aliphatic carbocycles. The van der Waals surface area contributed by atoms with Crippen LogP contribution in [0.15, 0.2) is 51.7 Å². The minimum absolute atomic E-state index is 0.0146. The maximum atomic E-state index is 13.6. The Hall–Kier alpha value is -3.09. The summed E-state index contributed by atoms with van der Waals surface area (Å²) in [6, 6.07) is 11.5. The van der Waals surface area contributed by atoms with Crippen molar-refractivity contribution in [3.63, 3.8) is 0 Å². The second-order valence-corrected chi connectivity index (χ2v) is 7.31. The smallest absolute Gasteiger partial charge is 0.408 e. The SMILES string of the molecule is CN(C)c1ccc(C(=O)N2CCC(n3c(=O)oc4ccc(F)cc43)CC2)cc1. The summed E-state index contributed by atoms with van der Waals surface area (Å²) in [5, 5.41) is 0. The number of amides is 1. The van der Waals surface area contributed by atoms with E-state index in [9.17, 15) is 14.0 Å². The van der Waals surface area contributed by atoms with Crippen LogP contribution in [0.2, 0.25) is 0 Å². The number of likely N-dealkylation sites (tertiary alicyclic amines) is 1. The molecule has 2 aromatic carbocycles. The lowest BCUT2D eigenvalue weighted by atomic mass is 10.0. The van der Waals surface area contributed by atoms with Crippen molar-refractivity contribution in [1.82, 2.24) is 9.47 Å². The van der Waals surface area contributed by atoms with E-state index in [1.54, 1.807) is 4.90 Å². The van der Waals surface area contributed by atoms with Gasteiger partial charge in [0.2, 0.25) is 0 Å². The van der Waals surface area contributed by atoms with Gasteiger partial charge < -0.3 is 14.2 Å². The van der Waals surface area contributed by atoms with Gasteiger partial charge in [-0.3, -0.25) is 9.36 Å². The summed E-state index contributed by atoms with van der Waals surface area (Å²) in [5.41, 5.74) is 2.53. The Morgan fingerprint density at radius 2 is 1.79 bits per heavy atom. The number of piperidine rings is 1. The summed E-state index contributed by atoms with van der Waals surface area (Å²) in [6.45, 7) is 1.07. The molecule has 4 rings (SSSR count). The fourth-order valence-electron chi connectivity index (χ4n) is 3.76. The second-order valence-electron chi connectivity index (χ2n) is 7.31. The van der Waals surface area contributed by atoms with Crippen LogP contribution in [0.1, 0.15) is 29.2 Å². The zero-order valence-corrected chi connectivity index (χ0v) is 15.9. The maximum Gasteiger partial charge on any atom is 0.420 e. The van der Waals surface area contributed by atoms with Crippen LogP contribution < -0.4 is 10.7 Å². The fraction of sp³-hybridized carbons (Fsp3) is 0.333. The molecular weight excluding hydrogens is 361 g/mol. The third kappa shape index (κ3) is 3.28. The number of oxazole rings is 1. The molecule has 7 heteroatoms. The molecule has 1 fully saturated rings. The highest BCUT2D eigenvalue weighted by Gasteiger charge is 2.27. The number of carbonyl (C=O) groups is 1. The molecule has 1 amide bonds. The number of anilines is 1. The van der Waals surface area contributed by atoms with Gasteiger partial charge in [0.1, 0.15) is 5.82 Å². The first-order valence-corrected chi connectivity index (χ1v) is 9.31. The lowest BCUT2D eigenvalue weighted by molar-refractivity contribution is 0.0694. The number of fused-ring (bicyclic) bond motifs is 1. The van der Waals surface area contributed by atoms with E-state index in [1.165, 1.54) is 22.8 Å².